The average Bonchev–Trinajstić information content (AvgIpc) is 3.56. The van der Waals surface area contributed by atoms with E-state index < -0.39 is 23.7 Å². The number of carbonyl (C=O) groups is 2. The van der Waals surface area contributed by atoms with Gasteiger partial charge >= 0.3 is 6.18 Å². The maximum atomic E-state index is 13.9. The molecular formula is C27H24F3N7O2S. The van der Waals surface area contributed by atoms with Gasteiger partial charge in [-0.05, 0) is 51.5 Å². The molecule has 2 amide bonds. The Balaban J connectivity index is 1.72. The van der Waals surface area contributed by atoms with Gasteiger partial charge in [0.2, 0.25) is 0 Å². The highest BCUT2D eigenvalue weighted by molar-refractivity contribution is 7.21. The Morgan fingerprint density at radius 1 is 1.05 bits per heavy atom. The predicted octanol–water partition coefficient (Wildman–Crippen LogP) is 5.66. The van der Waals surface area contributed by atoms with E-state index >= 15 is 0 Å². The normalized spacial score (nSPS) is 11.8. The van der Waals surface area contributed by atoms with Gasteiger partial charge in [-0.1, -0.05) is 18.2 Å². The van der Waals surface area contributed by atoms with E-state index in [1.165, 1.54) is 0 Å². The van der Waals surface area contributed by atoms with Gasteiger partial charge in [0.1, 0.15) is 15.4 Å². The van der Waals surface area contributed by atoms with Gasteiger partial charge in [-0.25, -0.2) is 9.67 Å². The number of pyridine rings is 1. The summed E-state index contributed by atoms with van der Waals surface area (Å²) in [5.74, 6) is -1.50. The van der Waals surface area contributed by atoms with Crippen molar-refractivity contribution in [2.24, 2.45) is 5.73 Å². The fraction of sp³-hybridized carbons (Fsp3) is 0.222. The monoisotopic (exact) mass is 567 g/mol. The first-order valence-corrected chi connectivity index (χ1v) is 13.0. The first kappa shape index (κ1) is 27.1. The van der Waals surface area contributed by atoms with E-state index in [0.29, 0.717) is 40.5 Å². The van der Waals surface area contributed by atoms with Crippen LogP contribution in [-0.4, -0.2) is 36.4 Å². The van der Waals surface area contributed by atoms with E-state index in [0.717, 1.165) is 11.8 Å². The molecule has 9 nitrogen and oxygen atoms in total. The van der Waals surface area contributed by atoms with Crippen LogP contribution in [0.1, 0.15) is 49.7 Å². The molecule has 13 heteroatoms. The molecule has 4 heterocycles. The van der Waals surface area contributed by atoms with E-state index in [1.54, 1.807) is 36.3 Å². The minimum absolute atomic E-state index is 0.0105. The van der Waals surface area contributed by atoms with Crippen molar-refractivity contribution in [3.63, 3.8) is 0 Å². The summed E-state index contributed by atoms with van der Waals surface area (Å²) in [7, 11) is 0. The SMILES string of the molecule is CCn1cc(-c2cc(C(F)(F)F)nc3sc(C(N)=O)c(NC(=O)c4c(C)nn(-c5ccccc5)c4C)c23)c(C)n1. The van der Waals surface area contributed by atoms with Crippen molar-refractivity contribution >= 4 is 39.1 Å². The molecule has 1 aromatic carbocycles. The minimum Gasteiger partial charge on any atom is -0.365 e. The van der Waals surface area contributed by atoms with Crippen LogP contribution in [0.15, 0.2) is 42.6 Å². The number of para-hydroxylation sites is 1. The van der Waals surface area contributed by atoms with Crippen LogP contribution in [0.25, 0.3) is 27.0 Å². The summed E-state index contributed by atoms with van der Waals surface area (Å²) in [5.41, 5.74) is 7.48. The number of nitrogens with two attached hydrogens (primary N) is 1. The topological polar surface area (TPSA) is 121 Å². The number of thiophene rings is 1. The van der Waals surface area contributed by atoms with E-state index in [4.69, 9.17) is 5.73 Å². The number of benzene rings is 1. The van der Waals surface area contributed by atoms with Gasteiger partial charge in [0, 0.05) is 23.7 Å². The van der Waals surface area contributed by atoms with Gasteiger partial charge < -0.3 is 11.1 Å². The molecule has 0 fully saturated rings. The molecule has 0 spiro atoms. The van der Waals surface area contributed by atoms with E-state index in [1.807, 2.05) is 37.3 Å². The Morgan fingerprint density at radius 3 is 2.35 bits per heavy atom. The first-order chi connectivity index (χ1) is 18.9. The number of nitrogens with zero attached hydrogens (tertiary/aromatic N) is 5. The number of alkyl halides is 3. The summed E-state index contributed by atoms with van der Waals surface area (Å²) in [4.78, 5) is 29.7. The van der Waals surface area contributed by atoms with Gasteiger partial charge in [-0.15, -0.1) is 11.3 Å². The molecule has 5 rings (SSSR count). The average molecular weight is 568 g/mol. The zero-order valence-electron chi connectivity index (χ0n) is 21.9. The summed E-state index contributed by atoms with van der Waals surface area (Å²) < 4.78 is 44.8. The number of primary amides is 1. The van der Waals surface area contributed by atoms with Gasteiger partial charge in [0.05, 0.1) is 34.0 Å². The second-order valence-electron chi connectivity index (χ2n) is 9.13. The molecule has 206 valence electrons. The molecule has 0 saturated heterocycles. The van der Waals surface area contributed by atoms with Gasteiger partial charge in [0.25, 0.3) is 11.8 Å². The summed E-state index contributed by atoms with van der Waals surface area (Å²) in [6, 6.07) is 10.1. The molecule has 40 heavy (non-hydrogen) atoms. The molecule has 0 atom stereocenters. The molecule has 3 N–H and O–H groups in total. The second-order valence-corrected chi connectivity index (χ2v) is 10.1. The smallest absolute Gasteiger partial charge is 0.365 e. The number of carbonyl (C=O) groups excluding carboxylic acids is 2. The van der Waals surface area contributed by atoms with E-state index in [9.17, 15) is 22.8 Å². The highest BCUT2D eigenvalue weighted by Crippen LogP contribution is 2.44. The van der Waals surface area contributed by atoms with Crippen LogP contribution in [0.4, 0.5) is 18.9 Å². The number of halogens is 3. The Kier molecular flexibility index (Phi) is 6.70. The highest BCUT2D eigenvalue weighted by Gasteiger charge is 2.36. The Morgan fingerprint density at radius 2 is 1.75 bits per heavy atom. The predicted molar refractivity (Wildman–Crippen MR) is 146 cm³/mol. The van der Waals surface area contributed by atoms with Crippen LogP contribution in [-0.2, 0) is 12.7 Å². The van der Waals surface area contributed by atoms with Crippen molar-refractivity contribution in [2.75, 3.05) is 5.32 Å². The lowest BCUT2D eigenvalue weighted by atomic mass is 10.0. The Hall–Kier alpha value is -4.52. The van der Waals surface area contributed by atoms with Crippen LogP contribution in [0.5, 0.6) is 0 Å². The largest absolute Gasteiger partial charge is 0.433 e. The lowest BCUT2D eigenvalue weighted by Crippen LogP contribution is -2.18. The van der Waals surface area contributed by atoms with Crippen LogP contribution in [0.2, 0.25) is 0 Å². The van der Waals surface area contributed by atoms with E-state index in [-0.39, 0.29) is 31.9 Å². The van der Waals surface area contributed by atoms with Crippen LogP contribution in [0.3, 0.4) is 0 Å². The molecular weight excluding hydrogens is 543 g/mol. The van der Waals surface area contributed by atoms with Crippen molar-refractivity contribution in [2.45, 2.75) is 40.4 Å². The number of aromatic nitrogens is 5. The maximum absolute atomic E-state index is 13.9. The number of nitrogens with one attached hydrogen (secondary N) is 1. The third-order valence-corrected chi connectivity index (χ3v) is 7.59. The maximum Gasteiger partial charge on any atom is 0.433 e. The number of anilines is 1. The zero-order chi connectivity index (χ0) is 28.9. The van der Waals surface area contributed by atoms with Crippen molar-refractivity contribution in [3.05, 3.63) is 75.8 Å². The van der Waals surface area contributed by atoms with Crippen molar-refractivity contribution in [1.82, 2.24) is 24.5 Å². The molecule has 0 unspecified atom stereocenters. The minimum atomic E-state index is -4.75. The van der Waals surface area contributed by atoms with Crippen LogP contribution < -0.4 is 11.1 Å². The third kappa shape index (κ3) is 4.62. The molecule has 0 aliphatic rings. The first-order valence-electron chi connectivity index (χ1n) is 12.2. The second kappa shape index (κ2) is 9.90. The number of hydrogen-bond donors (Lipinski definition) is 2. The Labute approximate surface area is 230 Å². The number of hydrogen-bond acceptors (Lipinski definition) is 6. The number of aryl methyl sites for hydroxylation is 3. The van der Waals surface area contributed by atoms with Gasteiger partial charge in [-0.3, -0.25) is 14.3 Å². The molecule has 0 bridgehead atoms. The molecule has 0 aliphatic heterocycles. The Bertz CT molecular complexity index is 1790. The number of fused-ring (bicyclic) bond motifs is 1. The third-order valence-electron chi connectivity index (χ3n) is 6.49. The van der Waals surface area contributed by atoms with Crippen LogP contribution >= 0.6 is 11.3 Å². The number of amides is 2. The van der Waals surface area contributed by atoms with Crippen molar-refractivity contribution in [3.8, 4) is 16.8 Å². The van der Waals surface area contributed by atoms with Crippen molar-refractivity contribution < 1.29 is 22.8 Å². The summed E-state index contributed by atoms with van der Waals surface area (Å²) in [5, 5.41) is 11.8. The lowest BCUT2D eigenvalue weighted by Gasteiger charge is -2.12. The quantitative estimate of drug-likeness (QED) is 0.274. The molecule has 0 aliphatic carbocycles. The zero-order valence-corrected chi connectivity index (χ0v) is 22.7. The number of rotatable bonds is 6. The van der Waals surface area contributed by atoms with Crippen molar-refractivity contribution in [1.29, 1.82) is 0 Å². The van der Waals surface area contributed by atoms with E-state index in [2.05, 4.69) is 20.5 Å². The lowest BCUT2D eigenvalue weighted by molar-refractivity contribution is -0.140. The standard InChI is InChI=1S/C27H24F3N7O2S/c1-5-36-12-18(13(2)34-36)17-11-19(27(28,29)30)32-26-21(17)22(23(40-26)24(31)38)33-25(39)20-14(3)35-37(15(20)4)16-9-7-6-8-10-16/h6-12H,5H2,1-4H3,(H2,31,38)(H,33,39). The summed E-state index contributed by atoms with van der Waals surface area (Å²) in [6.07, 6.45) is -3.13. The van der Waals surface area contributed by atoms with Crippen LogP contribution in [0, 0.1) is 20.8 Å². The molecule has 0 saturated carbocycles. The van der Waals surface area contributed by atoms with Gasteiger partial charge in [0.15, 0.2) is 0 Å². The summed E-state index contributed by atoms with van der Waals surface area (Å²) >= 11 is 0.689. The fourth-order valence-electron chi connectivity index (χ4n) is 4.66. The van der Waals surface area contributed by atoms with Gasteiger partial charge in [-0.2, -0.15) is 23.4 Å². The molecule has 4 aromatic heterocycles. The molecule has 0 radical (unpaired) electrons. The summed E-state index contributed by atoms with van der Waals surface area (Å²) in [6.45, 7) is 7.42. The fourth-order valence-corrected chi connectivity index (χ4v) is 5.67. The molecule has 5 aromatic rings. The highest BCUT2D eigenvalue weighted by atomic mass is 32.1.